The van der Waals surface area contributed by atoms with Gasteiger partial charge in [-0.1, -0.05) is 34.6 Å². The fourth-order valence-electron chi connectivity index (χ4n) is 1.38. The number of hydrogen-bond acceptors (Lipinski definition) is 4. The van der Waals surface area contributed by atoms with Gasteiger partial charge in [0, 0.05) is 24.6 Å². The van der Waals surface area contributed by atoms with Crippen LogP contribution in [0.25, 0.3) is 0 Å². The average Bonchev–Trinajstić information content (AvgIpc) is 2.27. The molecule has 0 aliphatic carbocycles. The van der Waals surface area contributed by atoms with Gasteiger partial charge in [-0.2, -0.15) is 0 Å². The molecule has 1 rings (SSSR count). The molecule has 1 atom stereocenters. The van der Waals surface area contributed by atoms with E-state index < -0.39 is 0 Å². The molecule has 102 valence electrons. The number of nitrogens with zero attached hydrogens (tertiary/aromatic N) is 2. The second-order valence-electron chi connectivity index (χ2n) is 6.14. The first-order valence-corrected chi connectivity index (χ1v) is 6.58. The first kappa shape index (κ1) is 14.7. The summed E-state index contributed by atoms with van der Waals surface area (Å²) >= 11 is 0. The van der Waals surface area contributed by atoms with Crippen molar-refractivity contribution in [3.63, 3.8) is 0 Å². The largest absolute Gasteiger partial charge is 0.373 e. The van der Waals surface area contributed by atoms with Crippen molar-refractivity contribution in [2.75, 3.05) is 17.7 Å². The van der Waals surface area contributed by atoms with Crippen molar-refractivity contribution in [3.8, 4) is 0 Å². The Bertz CT molecular complexity index is 393. The Morgan fingerprint density at radius 1 is 1.06 bits per heavy atom. The Hall–Kier alpha value is -1.32. The Kier molecular flexibility index (Phi) is 4.54. The van der Waals surface area contributed by atoms with Gasteiger partial charge in [0.25, 0.3) is 0 Å². The molecule has 0 amide bonds. The van der Waals surface area contributed by atoms with Crippen LogP contribution in [0.3, 0.4) is 0 Å². The predicted octanol–water partition coefficient (Wildman–Crippen LogP) is 3.27. The van der Waals surface area contributed by atoms with Crippen LogP contribution in [0.5, 0.6) is 0 Å². The Balaban J connectivity index is 3.05. The first-order chi connectivity index (χ1) is 8.24. The molecule has 0 aliphatic heterocycles. The highest BCUT2D eigenvalue weighted by molar-refractivity contribution is 5.48. The molecule has 0 saturated carbocycles. The van der Waals surface area contributed by atoms with Gasteiger partial charge < -0.3 is 10.6 Å². The summed E-state index contributed by atoms with van der Waals surface area (Å²) in [6.45, 7) is 12.9. The number of nitrogens with one attached hydrogen (secondary N) is 2. The fraction of sp³-hybridized carbons (Fsp3) is 0.714. The summed E-state index contributed by atoms with van der Waals surface area (Å²) in [6, 6.07) is 2.34. The van der Waals surface area contributed by atoms with Crippen LogP contribution in [0.15, 0.2) is 6.07 Å². The third kappa shape index (κ3) is 3.86. The summed E-state index contributed by atoms with van der Waals surface area (Å²) in [6.07, 6.45) is 0. The second-order valence-corrected chi connectivity index (χ2v) is 6.14. The molecule has 1 aromatic rings. The normalized spacial score (nSPS) is 13.6. The summed E-state index contributed by atoms with van der Waals surface area (Å²) in [5.41, 5.74) is -0.0512. The molecule has 2 N–H and O–H groups in total. The second kappa shape index (κ2) is 5.55. The number of aromatic nitrogens is 2. The van der Waals surface area contributed by atoms with Crippen LogP contribution < -0.4 is 10.6 Å². The lowest BCUT2D eigenvalue weighted by Gasteiger charge is -2.22. The van der Waals surface area contributed by atoms with E-state index in [-0.39, 0.29) is 5.41 Å². The maximum Gasteiger partial charge on any atom is 0.138 e. The standard InChI is InChI=1S/C14H26N4/c1-9(2)10(3)16-12-8-11(15-7)17-13(18-12)14(4,5)6/h8-10H,1-7H3,(H2,15,16,17,18). The van der Waals surface area contributed by atoms with Crippen molar-refractivity contribution in [1.82, 2.24) is 9.97 Å². The third-order valence-corrected chi connectivity index (χ3v) is 3.03. The Labute approximate surface area is 111 Å². The molecule has 0 saturated heterocycles. The molecule has 0 radical (unpaired) electrons. The van der Waals surface area contributed by atoms with E-state index in [1.807, 2.05) is 13.1 Å². The SMILES string of the molecule is CNc1cc(NC(C)C(C)C)nc(C(C)(C)C)n1. The van der Waals surface area contributed by atoms with E-state index in [9.17, 15) is 0 Å². The molecule has 18 heavy (non-hydrogen) atoms. The van der Waals surface area contributed by atoms with E-state index in [0.29, 0.717) is 12.0 Å². The minimum absolute atomic E-state index is 0.0512. The molecule has 4 heteroatoms. The Morgan fingerprint density at radius 2 is 1.61 bits per heavy atom. The minimum Gasteiger partial charge on any atom is -0.373 e. The van der Waals surface area contributed by atoms with Gasteiger partial charge >= 0.3 is 0 Å². The van der Waals surface area contributed by atoms with Crippen molar-refractivity contribution < 1.29 is 0 Å². The van der Waals surface area contributed by atoms with Crippen molar-refractivity contribution in [1.29, 1.82) is 0 Å². The molecule has 0 aliphatic rings. The monoisotopic (exact) mass is 250 g/mol. The molecule has 1 unspecified atom stereocenters. The van der Waals surface area contributed by atoms with Crippen LogP contribution in [0.4, 0.5) is 11.6 Å². The zero-order valence-corrected chi connectivity index (χ0v) is 12.6. The maximum atomic E-state index is 4.61. The summed E-state index contributed by atoms with van der Waals surface area (Å²) in [7, 11) is 1.88. The van der Waals surface area contributed by atoms with E-state index in [1.165, 1.54) is 0 Å². The van der Waals surface area contributed by atoms with Crippen LogP contribution in [0.1, 0.15) is 47.4 Å². The number of anilines is 2. The molecule has 1 heterocycles. The van der Waals surface area contributed by atoms with Gasteiger partial charge in [-0.15, -0.1) is 0 Å². The van der Waals surface area contributed by atoms with Gasteiger partial charge in [-0.3, -0.25) is 0 Å². The fourth-order valence-corrected chi connectivity index (χ4v) is 1.38. The van der Waals surface area contributed by atoms with Gasteiger partial charge in [0.05, 0.1) is 0 Å². The van der Waals surface area contributed by atoms with E-state index in [4.69, 9.17) is 0 Å². The Morgan fingerprint density at radius 3 is 2.06 bits per heavy atom. The molecule has 0 fully saturated rings. The molecular weight excluding hydrogens is 224 g/mol. The van der Waals surface area contributed by atoms with Crippen LogP contribution in [0.2, 0.25) is 0 Å². The average molecular weight is 250 g/mol. The summed E-state index contributed by atoms with van der Waals surface area (Å²) in [5, 5.41) is 6.53. The zero-order valence-electron chi connectivity index (χ0n) is 12.6. The summed E-state index contributed by atoms with van der Waals surface area (Å²) in [4.78, 5) is 9.13. The van der Waals surface area contributed by atoms with E-state index in [0.717, 1.165) is 17.5 Å². The topological polar surface area (TPSA) is 49.8 Å². The number of rotatable bonds is 4. The van der Waals surface area contributed by atoms with Crippen molar-refractivity contribution in [3.05, 3.63) is 11.9 Å². The molecule has 1 aromatic heterocycles. The smallest absolute Gasteiger partial charge is 0.138 e. The third-order valence-electron chi connectivity index (χ3n) is 3.03. The lowest BCUT2D eigenvalue weighted by Crippen LogP contribution is -2.24. The van der Waals surface area contributed by atoms with Crippen LogP contribution in [-0.2, 0) is 5.41 Å². The highest BCUT2D eigenvalue weighted by Gasteiger charge is 2.19. The van der Waals surface area contributed by atoms with Gasteiger partial charge in [0.2, 0.25) is 0 Å². The molecule has 4 nitrogen and oxygen atoms in total. The quantitative estimate of drug-likeness (QED) is 0.861. The lowest BCUT2D eigenvalue weighted by atomic mass is 9.96. The van der Waals surface area contributed by atoms with Crippen molar-refractivity contribution in [2.45, 2.75) is 53.0 Å². The summed E-state index contributed by atoms with van der Waals surface area (Å²) < 4.78 is 0. The minimum atomic E-state index is -0.0512. The van der Waals surface area contributed by atoms with E-state index >= 15 is 0 Å². The highest BCUT2D eigenvalue weighted by Crippen LogP contribution is 2.22. The van der Waals surface area contributed by atoms with E-state index in [2.05, 4.69) is 62.1 Å². The van der Waals surface area contributed by atoms with E-state index in [1.54, 1.807) is 0 Å². The molecule has 0 spiro atoms. The zero-order chi connectivity index (χ0) is 13.9. The van der Waals surface area contributed by atoms with Crippen LogP contribution in [0, 0.1) is 5.92 Å². The molecule has 0 bridgehead atoms. The summed E-state index contributed by atoms with van der Waals surface area (Å²) in [5.74, 6) is 3.16. The molecule has 0 aromatic carbocycles. The van der Waals surface area contributed by atoms with Crippen LogP contribution in [-0.4, -0.2) is 23.1 Å². The first-order valence-electron chi connectivity index (χ1n) is 6.58. The maximum absolute atomic E-state index is 4.61. The van der Waals surface area contributed by atoms with Gasteiger partial charge in [-0.25, -0.2) is 9.97 Å². The van der Waals surface area contributed by atoms with Gasteiger partial charge in [0.1, 0.15) is 17.5 Å². The predicted molar refractivity (Wildman–Crippen MR) is 78.2 cm³/mol. The van der Waals surface area contributed by atoms with Gasteiger partial charge in [-0.05, 0) is 12.8 Å². The van der Waals surface area contributed by atoms with Crippen molar-refractivity contribution in [2.24, 2.45) is 5.92 Å². The lowest BCUT2D eigenvalue weighted by molar-refractivity contribution is 0.539. The van der Waals surface area contributed by atoms with Crippen molar-refractivity contribution >= 4 is 11.6 Å². The highest BCUT2D eigenvalue weighted by atomic mass is 15.1. The number of hydrogen-bond donors (Lipinski definition) is 2. The van der Waals surface area contributed by atoms with Crippen LogP contribution >= 0.6 is 0 Å². The molecular formula is C14H26N4. The van der Waals surface area contributed by atoms with Gasteiger partial charge in [0.15, 0.2) is 0 Å².